The maximum Gasteiger partial charge on any atom is 0.191 e. The summed E-state index contributed by atoms with van der Waals surface area (Å²) in [5.41, 5.74) is 3.40. The number of nitrogens with zero attached hydrogens (tertiary/aromatic N) is 3. The van der Waals surface area contributed by atoms with Crippen LogP contribution in [0.1, 0.15) is 18.1 Å². The van der Waals surface area contributed by atoms with Gasteiger partial charge in [-0.2, -0.15) is 0 Å². The molecule has 0 aliphatic heterocycles. The fourth-order valence-electron chi connectivity index (χ4n) is 2.44. The number of rotatable bonds is 5. The van der Waals surface area contributed by atoms with Crippen molar-refractivity contribution in [1.82, 2.24) is 14.8 Å². The number of thioether (sulfide) groups is 1. The monoisotopic (exact) mass is 327 g/mol. The Morgan fingerprint density at radius 3 is 2.57 bits per heavy atom. The van der Waals surface area contributed by atoms with Gasteiger partial charge in [0.25, 0.3) is 0 Å². The molecule has 0 spiro atoms. The zero-order chi connectivity index (χ0) is 16.2. The van der Waals surface area contributed by atoms with E-state index in [9.17, 15) is 4.39 Å². The van der Waals surface area contributed by atoms with Gasteiger partial charge < -0.3 is 4.57 Å². The van der Waals surface area contributed by atoms with Gasteiger partial charge >= 0.3 is 0 Å². The van der Waals surface area contributed by atoms with Crippen molar-refractivity contribution in [2.45, 2.75) is 31.3 Å². The zero-order valence-corrected chi connectivity index (χ0v) is 14.0. The van der Waals surface area contributed by atoms with Gasteiger partial charge in [0.05, 0.1) is 0 Å². The van der Waals surface area contributed by atoms with Crippen LogP contribution in [0.25, 0.3) is 11.4 Å². The molecule has 0 bridgehead atoms. The maximum absolute atomic E-state index is 13.1. The van der Waals surface area contributed by atoms with Gasteiger partial charge in [-0.25, -0.2) is 4.39 Å². The van der Waals surface area contributed by atoms with Crippen molar-refractivity contribution >= 4 is 11.8 Å². The minimum Gasteiger partial charge on any atom is -0.302 e. The number of aryl methyl sites for hydroxylation is 1. The van der Waals surface area contributed by atoms with E-state index in [1.54, 1.807) is 23.9 Å². The Bertz CT molecular complexity index is 796. The summed E-state index contributed by atoms with van der Waals surface area (Å²) >= 11 is 1.67. The van der Waals surface area contributed by atoms with Crippen LogP contribution in [0.4, 0.5) is 4.39 Å². The molecule has 23 heavy (non-hydrogen) atoms. The van der Waals surface area contributed by atoms with Crippen LogP contribution in [0.5, 0.6) is 0 Å². The Kier molecular flexibility index (Phi) is 4.76. The van der Waals surface area contributed by atoms with Gasteiger partial charge in [-0.05, 0) is 43.7 Å². The molecule has 3 aromatic rings. The highest BCUT2D eigenvalue weighted by molar-refractivity contribution is 7.98. The first-order valence-electron chi connectivity index (χ1n) is 7.55. The van der Waals surface area contributed by atoms with Crippen LogP contribution >= 0.6 is 11.8 Å². The topological polar surface area (TPSA) is 30.7 Å². The van der Waals surface area contributed by atoms with Gasteiger partial charge in [-0.3, -0.25) is 0 Å². The Morgan fingerprint density at radius 1 is 1.09 bits per heavy atom. The predicted octanol–water partition coefficient (Wildman–Crippen LogP) is 4.70. The molecular formula is C18H18FN3S. The van der Waals surface area contributed by atoms with E-state index >= 15 is 0 Å². The average molecular weight is 327 g/mol. The lowest BCUT2D eigenvalue weighted by atomic mass is 10.2. The van der Waals surface area contributed by atoms with Crippen LogP contribution in [0.3, 0.4) is 0 Å². The molecule has 0 saturated carbocycles. The van der Waals surface area contributed by atoms with Crippen LogP contribution < -0.4 is 0 Å². The molecule has 0 aliphatic carbocycles. The van der Waals surface area contributed by atoms with Gasteiger partial charge in [0.1, 0.15) is 5.82 Å². The summed E-state index contributed by atoms with van der Waals surface area (Å²) in [4.78, 5) is 0. The van der Waals surface area contributed by atoms with Gasteiger partial charge in [0, 0.05) is 17.9 Å². The third kappa shape index (κ3) is 3.62. The molecule has 2 aromatic carbocycles. The number of benzene rings is 2. The smallest absolute Gasteiger partial charge is 0.191 e. The van der Waals surface area contributed by atoms with E-state index in [4.69, 9.17) is 0 Å². The largest absolute Gasteiger partial charge is 0.302 e. The second-order valence-corrected chi connectivity index (χ2v) is 6.28. The van der Waals surface area contributed by atoms with E-state index in [1.165, 1.54) is 23.3 Å². The third-order valence-electron chi connectivity index (χ3n) is 3.59. The molecule has 0 aliphatic rings. The second-order valence-electron chi connectivity index (χ2n) is 5.34. The van der Waals surface area contributed by atoms with E-state index in [1.807, 2.05) is 0 Å². The van der Waals surface area contributed by atoms with Crippen LogP contribution in [-0.2, 0) is 12.3 Å². The number of hydrogen-bond donors (Lipinski definition) is 0. The van der Waals surface area contributed by atoms with Crippen molar-refractivity contribution in [3.8, 4) is 11.4 Å². The number of hydrogen-bond acceptors (Lipinski definition) is 3. The minimum absolute atomic E-state index is 0.245. The van der Waals surface area contributed by atoms with Crippen molar-refractivity contribution in [1.29, 1.82) is 0 Å². The van der Waals surface area contributed by atoms with E-state index in [-0.39, 0.29) is 5.82 Å². The molecule has 0 radical (unpaired) electrons. The van der Waals surface area contributed by atoms with Gasteiger partial charge in [-0.1, -0.05) is 41.6 Å². The number of aromatic nitrogens is 3. The first-order chi connectivity index (χ1) is 11.2. The Balaban J connectivity index is 1.82. The number of halogens is 1. The van der Waals surface area contributed by atoms with Crippen molar-refractivity contribution in [3.05, 3.63) is 65.5 Å². The van der Waals surface area contributed by atoms with Crippen molar-refractivity contribution < 1.29 is 4.39 Å². The van der Waals surface area contributed by atoms with Crippen LogP contribution in [0.2, 0.25) is 0 Å². The summed E-state index contributed by atoms with van der Waals surface area (Å²) in [6, 6.07) is 14.8. The first-order valence-corrected chi connectivity index (χ1v) is 8.53. The highest BCUT2D eigenvalue weighted by Gasteiger charge is 2.13. The summed E-state index contributed by atoms with van der Waals surface area (Å²) in [7, 11) is 0. The van der Waals surface area contributed by atoms with Crippen molar-refractivity contribution in [2.24, 2.45) is 0 Å². The molecule has 3 nitrogen and oxygen atoms in total. The molecule has 118 valence electrons. The fourth-order valence-corrected chi connectivity index (χ4v) is 3.39. The quantitative estimate of drug-likeness (QED) is 0.636. The SMILES string of the molecule is CCn1c(SCc2cccc(C)c2)nnc1-c1ccc(F)cc1. The molecule has 0 atom stereocenters. The van der Waals surface area contributed by atoms with E-state index in [0.29, 0.717) is 0 Å². The van der Waals surface area contributed by atoms with Crippen LogP contribution in [-0.4, -0.2) is 14.8 Å². The standard InChI is InChI=1S/C18H18FN3S/c1-3-22-17(15-7-9-16(19)10-8-15)20-21-18(22)23-12-14-6-4-5-13(2)11-14/h4-11H,3,12H2,1-2H3. The summed E-state index contributed by atoms with van der Waals surface area (Å²) in [5.74, 6) is 1.38. The van der Waals surface area contributed by atoms with Crippen molar-refractivity contribution in [2.75, 3.05) is 0 Å². The normalized spacial score (nSPS) is 10.9. The average Bonchev–Trinajstić information content (AvgIpc) is 2.96. The Hall–Kier alpha value is -2.14. The third-order valence-corrected chi connectivity index (χ3v) is 4.62. The summed E-state index contributed by atoms with van der Waals surface area (Å²) in [6.07, 6.45) is 0. The lowest BCUT2D eigenvalue weighted by Crippen LogP contribution is -2.00. The molecule has 0 saturated heterocycles. The van der Waals surface area contributed by atoms with E-state index in [0.717, 1.165) is 28.8 Å². The fraction of sp³-hybridized carbons (Fsp3) is 0.222. The van der Waals surface area contributed by atoms with Crippen LogP contribution in [0, 0.1) is 12.7 Å². The van der Waals surface area contributed by atoms with E-state index < -0.39 is 0 Å². The van der Waals surface area contributed by atoms with Crippen molar-refractivity contribution in [3.63, 3.8) is 0 Å². The molecule has 3 rings (SSSR count). The second kappa shape index (κ2) is 6.96. The molecule has 0 N–H and O–H groups in total. The van der Waals surface area contributed by atoms with Crippen LogP contribution in [0.15, 0.2) is 53.7 Å². The predicted molar refractivity (Wildman–Crippen MR) is 91.8 cm³/mol. The molecule has 1 heterocycles. The Morgan fingerprint density at radius 2 is 1.87 bits per heavy atom. The van der Waals surface area contributed by atoms with Gasteiger partial charge in [0.2, 0.25) is 0 Å². The molecule has 1 aromatic heterocycles. The lowest BCUT2D eigenvalue weighted by Gasteiger charge is -2.07. The summed E-state index contributed by atoms with van der Waals surface area (Å²) in [5, 5.41) is 9.47. The summed E-state index contributed by atoms with van der Waals surface area (Å²) < 4.78 is 15.1. The molecule has 0 unspecified atom stereocenters. The summed E-state index contributed by atoms with van der Waals surface area (Å²) in [6.45, 7) is 4.93. The highest BCUT2D eigenvalue weighted by Crippen LogP contribution is 2.26. The minimum atomic E-state index is -0.245. The molecule has 0 amide bonds. The zero-order valence-electron chi connectivity index (χ0n) is 13.2. The lowest BCUT2D eigenvalue weighted by molar-refractivity contribution is 0.627. The highest BCUT2D eigenvalue weighted by atomic mass is 32.2. The molecule has 5 heteroatoms. The Labute approximate surface area is 139 Å². The maximum atomic E-state index is 13.1. The van der Waals surface area contributed by atoms with E-state index in [2.05, 4.69) is 52.9 Å². The van der Waals surface area contributed by atoms with Gasteiger partial charge in [0.15, 0.2) is 11.0 Å². The first kappa shape index (κ1) is 15.7. The molecular weight excluding hydrogens is 309 g/mol. The molecule has 0 fully saturated rings. The van der Waals surface area contributed by atoms with Gasteiger partial charge in [-0.15, -0.1) is 10.2 Å².